The average molecular weight is 237 g/mol. The normalized spacial score (nSPS) is 13.5. The fraction of sp³-hybridized carbons (Fsp3) is 0.364. The minimum atomic E-state index is -0.910. The van der Waals surface area contributed by atoms with Crippen LogP contribution in [-0.4, -0.2) is 26.1 Å². The average Bonchev–Trinajstić information content (AvgIpc) is 2.39. The number of methoxy groups -OCH3 is 1. The van der Waals surface area contributed by atoms with Crippen LogP contribution in [0.5, 0.6) is 0 Å². The number of hydrogen-bond acceptors (Lipinski definition) is 3. The molecule has 0 saturated heterocycles. The number of aldehydes is 1. The number of nitrogens with zero attached hydrogens (tertiary/aromatic N) is 3. The van der Waals surface area contributed by atoms with E-state index < -0.39 is 18.8 Å². The second-order valence-corrected chi connectivity index (χ2v) is 3.37. The number of benzene rings is 1. The second-order valence-electron chi connectivity index (χ2n) is 3.37. The molecule has 0 amide bonds. The van der Waals surface area contributed by atoms with Crippen molar-refractivity contribution >= 4 is 6.29 Å². The third-order valence-corrected chi connectivity index (χ3v) is 2.36. The quantitative estimate of drug-likeness (QED) is 0.330. The van der Waals surface area contributed by atoms with Gasteiger partial charge in [0.25, 0.3) is 0 Å². The topological polar surface area (TPSA) is 75.1 Å². The Bertz CT molecular complexity index is 415. The van der Waals surface area contributed by atoms with Gasteiger partial charge in [0, 0.05) is 17.6 Å². The Morgan fingerprint density at radius 1 is 1.53 bits per heavy atom. The van der Waals surface area contributed by atoms with Gasteiger partial charge in [0.15, 0.2) is 0 Å². The van der Waals surface area contributed by atoms with E-state index in [9.17, 15) is 9.18 Å². The molecule has 0 aliphatic heterocycles. The third kappa shape index (κ3) is 3.27. The highest BCUT2D eigenvalue weighted by Gasteiger charge is 2.21. The van der Waals surface area contributed by atoms with Crippen molar-refractivity contribution in [3.8, 4) is 0 Å². The summed E-state index contributed by atoms with van der Waals surface area (Å²) in [5, 5.41) is 3.34. The lowest BCUT2D eigenvalue weighted by Gasteiger charge is -2.20. The van der Waals surface area contributed by atoms with Crippen molar-refractivity contribution in [2.75, 3.05) is 13.8 Å². The van der Waals surface area contributed by atoms with Gasteiger partial charge in [-0.3, -0.25) is 9.18 Å². The van der Waals surface area contributed by atoms with Crippen LogP contribution >= 0.6 is 0 Å². The van der Waals surface area contributed by atoms with Crippen LogP contribution in [0.3, 0.4) is 0 Å². The van der Waals surface area contributed by atoms with Crippen LogP contribution in [-0.2, 0) is 4.74 Å². The SMILES string of the molecule is CO[C@H](c1ccc(C=O)cc1)C(CF)N=[N+]=[N-]. The summed E-state index contributed by atoms with van der Waals surface area (Å²) in [5.41, 5.74) is 9.51. The third-order valence-electron chi connectivity index (χ3n) is 2.36. The molecule has 5 nitrogen and oxygen atoms in total. The Labute approximate surface area is 97.8 Å². The van der Waals surface area contributed by atoms with Gasteiger partial charge in [-0.25, -0.2) is 0 Å². The largest absolute Gasteiger partial charge is 0.376 e. The van der Waals surface area contributed by atoms with Gasteiger partial charge in [-0.05, 0) is 11.1 Å². The highest BCUT2D eigenvalue weighted by atomic mass is 19.1. The van der Waals surface area contributed by atoms with Gasteiger partial charge in [-0.2, -0.15) is 0 Å². The highest BCUT2D eigenvalue weighted by molar-refractivity contribution is 5.74. The lowest BCUT2D eigenvalue weighted by molar-refractivity contribution is 0.0722. The fourth-order valence-electron chi connectivity index (χ4n) is 1.52. The van der Waals surface area contributed by atoms with E-state index in [0.717, 1.165) is 0 Å². The van der Waals surface area contributed by atoms with Gasteiger partial charge in [-0.1, -0.05) is 29.4 Å². The summed E-state index contributed by atoms with van der Waals surface area (Å²) in [6.45, 7) is -0.808. The Morgan fingerprint density at radius 2 is 2.18 bits per heavy atom. The maximum Gasteiger partial charge on any atom is 0.150 e. The molecule has 90 valence electrons. The van der Waals surface area contributed by atoms with E-state index in [1.54, 1.807) is 24.3 Å². The van der Waals surface area contributed by atoms with Crippen molar-refractivity contribution in [1.29, 1.82) is 0 Å². The van der Waals surface area contributed by atoms with Gasteiger partial charge in [0.05, 0.1) is 12.1 Å². The molecule has 0 N–H and O–H groups in total. The fourth-order valence-corrected chi connectivity index (χ4v) is 1.52. The molecule has 0 bridgehead atoms. The number of carbonyl (C=O) groups is 1. The van der Waals surface area contributed by atoms with Gasteiger partial charge < -0.3 is 4.74 Å². The van der Waals surface area contributed by atoms with Crippen molar-refractivity contribution in [3.05, 3.63) is 45.8 Å². The zero-order valence-corrected chi connectivity index (χ0v) is 9.28. The summed E-state index contributed by atoms with van der Waals surface area (Å²) in [6.07, 6.45) is 0.0580. The summed E-state index contributed by atoms with van der Waals surface area (Å²) in [4.78, 5) is 13.1. The van der Waals surface area contributed by atoms with E-state index >= 15 is 0 Å². The highest BCUT2D eigenvalue weighted by Crippen LogP contribution is 2.23. The number of carbonyl (C=O) groups excluding carboxylic acids is 1. The molecular formula is C11H12FN3O2. The molecule has 0 fully saturated rings. The zero-order chi connectivity index (χ0) is 12.7. The van der Waals surface area contributed by atoms with E-state index in [2.05, 4.69) is 10.0 Å². The van der Waals surface area contributed by atoms with Crippen LogP contribution in [0.4, 0.5) is 4.39 Å². The van der Waals surface area contributed by atoms with Gasteiger partial charge in [0.1, 0.15) is 13.0 Å². The molecule has 1 unspecified atom stereocenters. The smallest absolute Gasteiger partial charge is 0.150 e. The van der Waals surface area contributed by atoms with Crippen molar-refractivity contribution in [1.82, 2.24) is 0 Å². The molecule has 17 heavy (non-hydrogen) atoms. The molecule has 1 aromatic rings. The predicted molar refractivity (Wildman–Crippen MR) is 60.5 cm³/mol. The van der Waals surface area contributed by atoms with E-state index in [1.807, 2.05) is 0 Å². The molecule has 1 aromatic carbocycles. The first kappa shape index (κ1) is 13.2. The van der Waals surface area contributed by atoms with E-state index in [-0.39, 0.29) is 0 Å². The number of azide groups is 1. The Hall–Kier alpha value is -1.91. The number of halogens is 1. The first-order valence-corrected chi connectivity index (χ1v) is 4.95. The lowest BCUT2D eigenvalue weighted by Crippen LogP contribution is -2.20. The minimum Gasteiger partial charge on any atom is -0.376 e. The summed E-state index contributed by atoms with van der Waals surface area (Å²) in [6, 6.07) is 5.58. The molecule has 1 rings (SSSR count). The number of alkyl halides is 1. The summed E-state index contributed by atoms with van der Waals surface area (Å²) < 4.78 is 17.8. The van der Waals surface area contributed by atoms with Gasteiger partial charge >= 0.3 is 0 Å². The second kappa shape index (κ2) is 6.62. The van der Waals surface area contributed by atoms with Crippen molar-refractivity contribution in [2.45, 2.75) is 12.1 Å². The van der Waals surface area contributed by atoms with Crippen LogP contribution in [0.2, 0.25) is 0 Å². The molecule has 6 heteroatoms. The maximum absolute atomic E-state index is 12.7. The maximum atomic E-state index is 12.7. The van der Waals surface area contributed by atoms with Crippen LogP contribution in [0.25, 0.3) is 10.4 Å². The van der Waals surface area contributed by atoms with Crippen LogP contribution < -0.4 is 0 Å². The number of rotatable bonds is 6. The van der Waals surface area contributed by atoms with Crippen LogP contribution in [0.1, 0.15) is 22.0 Å². The summed E-state index contributed by atoms with van der Waals surface area (Å²) >= 11 is 0. The monoisotopic (exact) mass is 237 g/mol. The van der Waals surface area contributed by atoms with Crippen molar-refractivity contribution in [3.63, 3.8) is 0 Å². The Balaban J connectivity index is 2.98. The molecule has 0 aliphatic rings. The van der Waals surface area contributed by atoms with E-state index in [1.165, 1.54) is 7.11 Å². The number of hydrogen-bond donors (Lipinski definition) is 0. The minimum absolute atomic E-state index is 0.518. The molecule has 0 aromatic heterocycles. The molecule has 2 atom stereocenters. The van der Waals surface area contributed by atoms with Crippen molar-refractivity contribution < 1.29 is 13.9 Å². The van der Waals surface area contributed by atoms with E-state index in [0.29, 0.717) is 17.4 Å². The molecular weight excluding hydrogens is 225 g/mol. The van der Waals surface area contributed by atoms with Crippen LogP contribution in [0, 0.1) is 0 Å². The Kier molecular flexibility index (Phi) is 5.13. The standard InChI is InChI=1S/C11H12FN3O2/c1-17-11(10(6-12)14-15-13)9-4-2-8(7-16)3-5-9/h2-5,7,10-11H,6H2,1H3/t10?,11-/m1/s1. The van der Waals surface area contributed by atoms with Gasteiger partial charge in [0.2, 0.25) is 0 Å². The van der Waals surface area contributed by atoms with Crippen LogP contribution in [0.15, 0.2) is 29.4 Å². The lowest BCUT2D eigenvalue weighted by atomic mass is 10.0. The predicted octanol–water partition coefficient (Wildman–Crippen LogP) is 2.84. The number of ether oxygens (including phenoxy) is 1. The zero-order valence-electron chi connectivity index (χ0n) is 9.28. The van der Waals surface area contributed by atoms with Crippen molar-refractivity contribution in [2.24, 2.45) is 5.11 Å². The van der Waals surface area contributed by atoms with Gasteiger partial charge in [-0.15, -0.1) is 0 Å². The molecule has 0 heterocycles. The Morgan fingerprint density at radius 3 is 2.59 bits per heavy atom. The summed E-state index contributed by atoms with van der Waals surface area (Å²) in [5.74, 6) is 0. The molecule has 0 saturated carbocycles. The first-order chi connectivity index (χ1) is 8.26. The molecule has 0 radical (unpaired) electrons. The first-order valence-electron chi connectivity index (χ1n) is 4.95. The summed E-state index contributed by atoms with van der Waals surface area (Å²) in [7, 11) is 1.41. The molecule has 0 spiro atoms. The van der Waals surface area contributed by atoms with E-state index in [4.69, 9.17) is 10.3 Å². The molecule has 0 aliphatic carbocycles.